The minimum atomic E-state index is -0.225. The molecule has 0 radical (unpaired) electrons. The van der Waals surface area contributed by atoms with Gasteiger partial charge in [-0.2, -0.15) is 0 Å². The fraction of sp³-hybridized carbons (Fsp3) is 0.524. The number of carbonyl (C=O) groups excluding carboxylic acids is 1. The van der Waals surface area contributed by atoms with Crippen molar-refractivity contribution in [2.24, 2.45) is 0 Å². The number of nitrogens with one attached hydrogen (secondary N) is 1. The van der Waals surface area contributed by atoms with Crippen molar-refractivity contribution in [1.82, 2.24) is 14.9 Å². The van der Waals surface area contributed by atoms with Crippen molar-refractivity contribution < 1.29 is 9.53 Å². The van der Waals surface area contributed by atoms with Crippen LogP contribution in [-0.2, 0) is 22.5 Å². The van der Waals surface area contributed by atoms with Crippen LogP contribution < -0.4 is 5.32 Å². The number of benzene rings is 1. The number of nitrogens with zero attached hydrogens (tertiary/aromatic N) is 2. The Morgan fingerprint density at radius 3 is 2.96 bits per heavy atom. The lowest BCUT2D eigenvalue weighted by atomic mass is 10.1. The molecule has 3 rings (SSSR count). The maximum atomic E-state index is 11.9. The number of aryl methyl sites for hydroxylation is 1. The molecule has 1 atom stereocenters. The van der Waals surface area contributed by atoms with Crippen molar-refractivity contribution in [2.75, 3.05) is 13.2 Å². The van der Waals surface area contributed by atoms with Crippen LogP contribution in [0.2, 0.25) is 0 Å². The van der Waals surface area contributed by atoms with Gasteiger partial charge in [-0.25, -0.2) is 4.98 Å². The number of para-hydroxylation sites is 2. The number of hydrogen-bond acceptors (Lipinski definition) is 3. The third kappa shape index (κ3) is 4.73. The number of unbranched alkanes of at least 4 members (excludes halogenated alkanes) is 2. The van der Waals surface area contributed by atoms with E-state index in [1.807, 2.05) is 6.07 Å². The first-order valence-electron chi connectivity index (χ1n) is 9.63. The van der Waals surface area contributed by atoms with E-state index in [2.05, 4.69) is 41.6 Å². The van der Waals surface area contributed by atoms with E-state index >= 15 is 0 Å². The Morgan fingerprint density at radius 1 is 1.35 bits per heavy atom. The largest absolute Gasteiger partial charge is 0.368 e. The van der Waals surface area contributed by atoms with Crippen LogP contribution in [-0.4, -0.2) is 34.7 Å². The highest BCUT2D eigenvalue weighted by Gasteiger charge is 2.22. The summed E-state index contributed by atoms with van der Waals surface area (Å²) in [6, 6.07) is 8.27. The fourth-order valence-corrected chi connectivity index (χ4v) is 3.46. The summed E-state index contributed by atoms with van der Waals surface area (Å²) in [5.74, 6) is 1.17. The minimum absolute atomic E-state index is 0.0470. The van der Waals surface area contributed by atoms with Gasteiger partial charge in [0.15, 0.2) is 0 Å². The van der Waals surface area contributed by atoms with Gasteiger partial charge >= 0.3 is 0 Å². The van der Waals surface area contributed by atoms with Crippen molar-refractivity contribution >= 4 is 16.9 Å². The zero-order chi connectivity index (χ0) is 18.4. The van der Waals surface area contributed by atoms with Crippen LogP contribution >= 0.6 is 0 Å². The van der Waals surface area contributed by atoms with Gasteiger partial charge in [-0.3, -0.25) is 4.79 Å². The van der Waals surface area contributed by atoms with Gasteiger partial charge in [-0.05, 0) is 44.7 Å². The molecule has 140 valence electrons. The second-order valence-corrected chi connectivity index (χ2v) is 7.16. The number of amides is 1. The summed E-state index contributed by atoms with van der Waals surface area (Å²) in [4.78, 5) is 16.7. The molecular weight excluding hydrogens is 326 g/mol. The first-order chi connectivity index (χ1) is 12.6. The molecule has 0 bridgehead atoms. The lowest BCUT2D eigenvalue weighted by Gasteiger charge is -2.11. The number of carbonyl (C=O) groups is 1. The van der Waals surface area contributed by atoms with Gasteiger partial charge in [0.25, 0.3) is 0 Å². The van der Waals surface area contributed by atoms with Crippen LogP contribution in [0.1, 0.15) is 44.9 Å². The molecule has 1 aliphatic rings. The smallest absolute Gasteiger partial charge is 0.249 e. The molecule has 0 spiro atoms. The van der Waals surface area contributed by atoms with Crippen LogP contribution in [0.4, 0.5) is 0 Å². The van der Waals surface area contributed by atoms with Crippen molar-refractivity contribution in [1.29, 1.82) is 0 Å². The van der Waals surface area contributed by atoms with Crippen LogP contribution in [0, 0.1) is 0 Å². The Balaban J connectivity index is 1.45. The molecule has 5 heteroatoms. The average molecular weight is 355 g/mol. The molecule has 1 amide bonds. The number of rotatable bonds is 9. The first kappa shape index (κ1) is 18.6. The molecule has 1 aliphatic heterocycles. The number of allylic oxidation sites excluding steroid dienone is 1. The number of ether oxygens (including phenoxy) is 1. The summed E-state index contributed by atoms with van der Waals surface area (Å²) < 4.78 is 7.67. The lowest BCUT2D eigenvalue weighted by molar-refractivity contribution is -0.130. The average Bonchev–Trinajstić information content (AvgIpc) is 3.26. The van der Waals surface area contributed by atoms with E-state index < -0.39 is 0 Å². The second kappa shape index (κ2) is 8.99. The molecule has 5 nitrogen and oxygen atoms in total. The highest BCUT2D eigenvalue weighted by atomic mass is 16.5. The van der Waals surface area contributed by atoms with E-state index in [4.69, 9.17) is 9.72 Å². The summed E-state index contributed by atoms with van der Waals surface area (Å²) >= 11 is 0. The van der Waals surface area contributed by atoms with E-state index in [-0.39, 0.29) is 12.0 Å². The predicted molar refractivity (Wildman–Crippen MR) is 104 cm³/mol. The van der Waals surface area contributed by atoms with Gasteiger partial charge < -0.3 is 14.6 Å². The topological polar surface area (TPSA) is 56.2 Å². The molecule has 26 heavy (non-hydrogen) atoms. The van der Waals surface area contributed by atoms with Gasteiger partial charge in [0, 0.05) is 26.1 Å². The molecule has 1 saturated heterocycles. The molecule has 1 aromatic carbocycles. The number of aromatic nitrogens is 2. The zero-order valence-corrected chi connectivity index (χ0v) is 15.7. The third-order valence-corrected chi connectivity index (χ3v) is 4.76. The van der Waals surface area contributed by atoms with Gasteiger partial charge in [0.05, 0.1) is 11.0 Å². The highest BCUT2D eigenvalue weighted by Crippen LogP contribution is 2.19. The molecular formula is C21H29N3O2. The summed E-state index contributed by atoms with van der Waals surface area (Å²) in [6.45, 7) is 8.35. The van der Waals surface area contributed by atoms with E-state index in [0.29, 0.717) is 6.61 Å². The number of fused-ring (bicyclic) bond motifs is 1. The monoisotopic (exact) mass is 355 g/mol. The molecule has 2 heterocycles. The van der Waals surface area contributed by atoms with Gasteiger partial charge in [0.1, 0.15) is 11.9 Å². The number of imidazole rings is 1. The second-order valence-electron chi connectivity index (χ2n) is 7.16. The van der Waals surface area contributed by atoms with E-state index in [9.17, 15) is 4.79 Å². The Morgan fingerprint density at radius 2 is 2.19 bits per heavy atom. The Hall–Kier alpha value is -2.14. The van der Waals surface area contributed by atoms with Crippen LogP contribution in [0.15, 0.2) is 36.4 Å². The number of hydrogen-bond donors (Lipinski definition) is 1. The first-order valence-corrected chi connectivity index (χ1v) is 9.63. The maximum absolute atomic E-state index is 11.9. The third-order valence-electron chi connectivity index (χ3n) is 4.76. The standard InChI is InChI=1S/C21H29N3O2/c1-16(2)15-24-18-10-6-5-9-17(18)23-20(24)12-4-3-7-13-22-21(25)19-11-8-14-26-19/h5-6,9-10,19H,1,3-4,7-8,11-15H2,2H3,(H,22,25). The highest BCUT2D eigenvalue weighted by molar-refractivity contribution is 5.80. The summed E-state index contributed by atoms with van der Waals surface area (Å²) in [5.41, 5.74) is 3.35. The molecule has 2 aromatic rings. The Kier molecular flexibility index (Phi) is 6.45. The van der Waals surface area contributed by atoms with Crippen molar-refractivity contribution in [2.45, 2.75) is 58.1 Å². The normalized spacial score (nSPS) is 16.9. The van der Waals surface area contributed by atoms with Gasteiger partial charge in [0.2, 0.25) is 5.91 Å². The molecule has 1 aromatic heterocycles. The fourth-order valence-electron chi connectivity index (χ4n) is 3.46. The van der Waals surface area contributed by atoms with Crippen molar-refractivity contribution in [3.8, 4) is 0 Å². The summed E-state index contributed by atoms with van der Waals surface area (Å²) in [6.07, 6.45) is 5.68. The van der Waals surface area contributed by atoms with Crippen LogP contribution in [0.3, 0.4) is 0 Å². The van der Waals surface area contributed by atoms with Crippen LogP contribution in [0.25, 0.3) is 11.0 Å². The van der Waals surface area contributed by atoms with Crippen molar-refractivity contribution in [3.63, 3.8) is 0 Å². The van der Waals surface area contributed by atoms with Crippen molar-refractivity contribution in [3.05, 3.63) is 42.2 Å². The lowest BCUT2D eigenvalue weighted by Crippen LogP contribution is -2.34. The van der Waals surface area contributed by atoms with E-state index in [0.717, 1.165) is 68.5 Å². The summed E-state index contributed by atoms with van der Waals surface area (Å²) in [7, 11) is 0. The Labute approximate surface area is 155 Å². The SMILES string of the molecule is C=C(C)Cn1c(CCCCCNC(=O)C2CCCO2)nc2ccccc21. The van der Waals surface area contributed by atoms with Crippen LogP contribution in [0.5, 0.6) is 0 Å². The molecule has 0 saturated carbocycles. The van der Waals surface area contributed by atoms with Gasteiger partial charge in [-0.1, -0.05) is 30.7 Å². The quantitative estimate of drug-likeness (QED) is 0.552. The maximum Gasteiger partial charge on any atom is 0.249 e. The van der Waals surface area contributed by atoms with E-state index in [1.165, 1.54) is 5.52 Å². The molecule has 1 unspecified atom stereocenters. The zero-order valence-electron chi connectivity index (χ0n) is 15.7. The predicted octanol–water partition coefficient (Wildman–Crippen LogP) is 3.62. The minimum Gasteiger partial charge on any atom is -0.368 e. The summed E-state index contributed by atoms with van der Waals surface area (Å²) in [5, 5.41) is 2.99. The Bertz CT molecular complexity index is 760. The molecule has 0 aliphatic carbocycles. The molecule has 1 fully saturated rings. The van der Waals surface area contributed by atoms with E-state index in [1.54, 1.807) is 0 Å². The van der Waals surface area contributed by atoms with Gasteiger partial charge in [-0.15, -0.1) is 0 Å². The molecule has 1 N–H and O–H groups in total.